The van der Waals surface area contributed by atoms with Gasteiger partial charge in [-0.15, -0.1) is 0 Å². The fourth-order valence-corrected chi connectivity index (χ4v) is 1.91. The van der Waals surface area contributed by atoms with Crippen molar-refractivity contribution in [3.05, 3.63) is 58.7 Å². The number of ketones is 1. The van der Waals surface area contributed by atoms with E-state index in [1.807, 2.05) is 0 Å². The average molecular weight is 302 g/mol. The first-order valence-electron chi connectivity index (χ1n) is 5.98. The summed E-state index contributed by atoms with van der Waals surface area (Å²) >= 11 is 0. The lowest BCUT2D eigenvalue weighted by atomic mass is 9.95. The highest BCUT2D eigenvalue weighted by Crippen LogP contribution is 2.26. The first kappa shape index (κ1) is 15.0. The third kappa shape index (κ3) is 2.73. The van der Waals surface area contributed by atoms with Gasteiger partial charge in [0.1, 0.15) is 11.5 Å². The molecule has 0 amide bonds. The maximum atomic E-state index is 12.4. The van der Waals surface area contributed by atoms with E-state index in [-0.39, 0.29) is 28.0 Å². The number of aromatic carboxylic acids is 2. The summed E-state index contributed by atoms with van der Waals surface area (Å²) in [4.78, 5) is 34.5. The summed E-state index contributed by atoms with van der Waals surface area (Å²) in [5.41, 5.74) is -1.26. The summed E-state index contributed by atoms with van der Waals surface area (Å²) in [6.45, 7) is 0. The van der Waals surface area contributed by atoms with Crippen molar-refractivity contribution in [1.82, 2.24) is 0 Å². The monoisotopic (exact) mass is 302 g/mol. The van der Waals surface area contributed by atoms with Gasteiger partial charge in [0.25, 0.3) is 0 Å². The zero-order chi connectivity index (χ0) is 16.4. The summed E-state index contributed by atoms with van der Waals surface area (Å²) in [7, 11) is 0. The molecular weight excluding hydrogens is 292 g/mol. The quantitative estimate of drug-likeness (QED) is 0.632. The molecule has 0 unspecified atom stereocenters. The largest absolute Gasteiger partial charge is 0.508 e. The molecule has 2 aromatic carbocycles. The van der Waals surface area contributed by atoms with Crippen LogP contribution in [-0.4, -0.2) is 38.1 Å². The third-order valence-corrected chi connectivity index (χ3v) is 2.97. The molecule has 0 heterocycles. The molecule has 0 aromatic heterocycles. The lowest BCUT2D eigenvalue weighted by Gasteiger charge is -2.08. The second kappa shape index (κ2) is 5.57. The van der Waals surface area contributed by atoms with Crippen LogP contribution in [0.2, 0.25) is 0 Å². The Balaban J connectivity index is 2.63. The molecule has 7 heteroatoms. The Kier molecular flexibility index (Phi) is 3.81. The van der Waals surface area contributed by atoms with E-state index in [0.717, 1.165) is 36.4 Å². The summed E-state index contributed by atoms with van der Waals surface area (Å²) in [5, 5.41) is 36.9. The van der Waals surface area contributed by atoms with Crippen LogP contribution in [0.15, 0.2) is 36.4 Å². The number of carbonyl (C=O) groups excluding carboxylic acids is 1. The van der Waals surface area contributed by atoms with E-state index in [9.17, 15) is 24.6 Å². The van der Waals surface area contributed by atoms with Crippen molar-refractivity contribution in [3.63, 3.8) is 0 Å². The molecule has 2 aromatic rings. The van der Waals surface area contributed by atoms with Gasteiger partial charge in [0.2, 0.25) is 0 Å². The van der Waals surface area contributed by atoms with Crippen LogP contribution < -0.4 is 0 Å². The number of carboxylic acid groups (broad SMARTS) is 2. The highest BCUT2D eigenvalue weighted by molar-refractivity contribution is 6.16. The van der Waals surface area contributed by atoms with Gasteiger partial charge in [0.15, 0.2) is 5.78 Å². The van der Waals surface area contributed by atoms with Crippen LogP contribution in [0.1, 0.15) is 36.6 Å². The van der Waals surface area contributed by atoms with E-state index in [1.165, 1.54) is 0 Å². The summed E-state index contributed by atoms with van der Waals surface area (Å²) in [5.74, 6) is -4.40. The number of benzene rings is 2. The molecule has 2 rings (SSSR count). The molecule has 0 spiro atoms. The van der Waals surface area contributed by atoms with E-state index in [0.29, 0.717) is 0 Å². The molecule has 0 aliphatic heterocycles. The van der Waals surface area contributed by atoms with Crippen LogP contribution in [0.25, 0.3) is 0 Å². The van der Waals surface area contributed by atoms with Crippen LogP contribution >= 0.6 is 0 Å². The zero-order valence-corrected chi connectivity index (χ0v) is 11.0. The van der Waals surface area contributed by atoms with Gasteiger partial charge < -0.3 is 20.4 Å². The van der Waals surface area contributed by atoms with Crippen LogP contribution in [0.3, 0.4) is 0 Å². The van der Waals surface area contributed by atoms with Crippen molar-refractivity contribution in [2.45, 2.75) is 0 Å². The number of phenols is 2. The van der Waals surface area contributed by atoms with E-state index < -0.39 is 23.5 Å². The van der Waals surface area contributed by atoms with Gasteiger partial charge in [0, 0.05) is 11.6 Å². The van der Waals surface area contributed by atoms with Crippen molar-refractivity contribution in [3.8, 4) is 11.5 Å². The average Bonchev–Trinajstić information content (AvgIpc) is 2.45. The molecule has 0 bridgehead atoms. The number of phenolic OH excluding ortho intramolecular Hbond substituents is 2. The Morgan fingerprint density at radius 2 is 1.36 bits per heavy atom. The SMILES string of the molecule is O=C(O)c1ccc(C(=O)O)c(C(=O)c2ccc(O)cc2O)c1. The number of hydrogen-bond acceptors (Lipinski definition) is 5. The van der Waals surface area contributed by atoms with Crippen molar-refractivity contribution >= 4 is 17.7 Å². The maximum absolute atomic E-state index is 12.4. The summed E-state index contributed by atoms with van der Waals surface area (Å²) < 4.78 is 0. The molecule has 22 heavy (non-hydrogen) atoms. The van der Waals surface area contributed by atoms with Crippen molar-refractivity contribution in [2.75, 3.05) is 0 Å². The van der Waals surface area contributed by atoms with Crippen LogP contribution in [0.4, 0.5) is 0 Å². The van der Waals surface area contributed by atoms with Crippen LogP contribution in [-0.2, 0) is 0 Å². The third-order valence-electron chi connectivity index (χ3n) is 2.97. The lowest BCUT2D eigenvalue weighted by Crippen LogP contribution is -2.12. The van der Waals surface area contributed by atoms with Crippen molar-refractivity contribution in [1.29, 1.82) is 0 Å². The molecule has 4 N–H and O–H groups in total. The highest BCUT2D eigenvalue weighted by Gasteiger charge is 2.22. The number of aromatic hydroxyl groups is 2. The smallest absolute Gasteiger partial charge is 0.336 e. The van der Waals surface area contributed by atoms with Gasteiger partial charge in [-0.05, 0) is 30.3 Å². The highest BCUT2D eigenvalue weighted by atomic mass is 16.4. The second-order valence-corrected chi connectivity index (χ2v) is 4.40. The van der Waals surface area contributed by atoms with Gasteiger partial charge >= 0.3 is 11.9 Å². The second-order valence-electron chi connectivity index (χ2n) is 4.40. The predicted octanol–water partition coefficient (Wildman–Crippen LogP) is 1.73. The Labute approximate surface area is 123 Å². The first-order chi connectivity index (χ1) is 10.3. The minimum absolute atomic E-state index is 0.247. The number of carboxylic acids is 2. The minimum Gasteiger partial charge on any atom is -0.508 e. The summed E-state index contributed by atoms with van der Waals surface area (Å²) in [6, 6.07) is 6.20. The molecule has 0 aliphatic rings. The topological polar surface area (TPSA) is 132 Å². The number of hydrogen-bond donors (Lipinski definition) is 4. The normalized spacial score (nSPS) is 10.2. The first-order valence-corrected chi connectivity index (χ1v) is 5.98. The molecule has 0 radical (unpaired) electrons. The van der Waals surface area contributed by atoms with Gasteiger partial charge in [-0.1, -0.05) is 0 Å². The predicted molar refractivity (Wildman–Crippen MR) is 73.6 cm³/mol. The summed E-state index contributed by atoms with van der Waals surface area (Å²) in [6.07, 6.45) is 0. The van der Waals surface area contributed by atoms with Crippen LogP contribution in [0, 0.1) is 0 Å². The Bertz CT molecular complexity index is 792. The lowest BCUT2D eigenvalue weighted by molar-refractivity contribution is 0.0679. The number of carbonyl (C=O) groups is 3. The molecular formula is C15H10O7. The Morgan fingerprint density at radius 3 is 1.91 bits per heavy atom. The van der Waals surface area contributed by atoms with Gasteiger partial charge in [-0.25, -0.2) is 9.59 Å². The van der Waals surface area contributed by atoms with E-state index >= 15 is 0 Å². The van der Waals surface area contributed by atoms with Crippen molar-refractivity contribution < 1.29 is 34.8 Å². The minimum atomic E-state index is -1.40. The maximum Gasteiger partial charge on any atom is 0.336 e. The molecule has 0 aliphatic carbocycles. The van der Waals surface area contributed by atoms with E-state index in [1.54, 1.807) is 0 Å². The Morgan fingerprint density at radius 1 is 0.727 bits per heavy atom. The van der Waals surface area contributed by atoms with Crippen molar-refractivity contribution in [2.24, 2.45) is 0 Å². The molecule has 0 fully saturated rings. The molecule has 112 valence electrons. The molecule has 7 nitrogen and oxygen atoms in total. The van der Waals surface area contributed by atoms with Gasteiger partial charge in [-0.2, -0.15) is 0 Å². The van der Waals surface area contributed by atoms with Gasteiger partial charge in [0.05, 0.1) is 16.7 Å². The number of rotatable bonds is 4. The van der Waals surface area contributed by atoms with E-state index in [4.69, 9.17) is 10.2 Å². The Hall–Kier alpha value is -3.35. The molecule has 0 saturated carbocycles. The standard InChI is InChI=1S/C15H10O7/c16-8-2-4-10(12(17)6-8)13(18)11-5-7(14(19)20)1-3-9(11)15(21)22/h1-6,16-17H,(H,19,20)(H,21,22). The molecule has 0 saturated heterocycles. The molecule has 0 atom stereocenters. The van der Waals surface area contributed by atoms with Crippen LogP contribution in [0.5, 0.6) is 11.5 Å². The zero-order valence-electron chi connectivity index (χ0n) is 11.0. The van der Waals surface area contributed by atoms with E-state index in [2.05, 4.69) is 0 Å². The fourth-order valence-electron chi connectivity index (χ4n) is 1.91. The fraction of sp³-hybridized carbons (Fsp3) is 0. The van der Waals surface area contributed by atoms with Gasteiger partial charge in [-0.3, -0.25) is 4.79 Å².